The van der Waals surface area contributed by atoms with Crippen molar-refractivity contribution in [2.75, 3.05) is 20.3 Å². The van der Waals surface area contributed by atoms with E-state index in [4.69, 9.17) is 9.47 Å². The number of ether oxygens (including phenoxy) is 2. The van der Waals surface area contributed by atoms with Gasteiger partial charge in [-0.1, -0.05) is 6.92 Å². The van der Waals surface area contributed by atoms with Gasteiger partial charge in [-0.3, -0.25) is 9.59 Å². The second kappa shape index (κ2) is 11.7. The number of halogens is 3. The molecule has 0 radical (unpaired) electrons. The summed E-state index contributed by atoms with van der Waals surface area (Å²) in [5, 5.41) is 16.2. The van der Waals surface area contributed by atoms with Crippen LogP contribution >= 0.6 is 0 Å². The van der Waals surface area contributed by atoms with Crippen molar-refractivity contribution in [1.29, 1.82) is 0 Å². The standard InChI is InChI=1S/C29H29F3N6O4/c1-17-14-24(39)33-34-27(17)19-6-8-20(9-7-19)42-13-5-4-12-37-25(40)15-18(2)28(36-37)21-10-11-26(41-3)38-22(21)16-23(35-38)29(30,31)32/h6-11,14,16,18H,4-5,12-13,15H2,1-3H3,(H,33,39). The molecule has 10 nitrogen and oxygen atoms in total. The van der Waals surface area contributed by atoms with Crippen LogP contribution in [-0.2, 0) is 11.0 Å². The monoisotopic (exact) mass is 582 g/mol. The first-order chi connectivity index (χ1) is 20.0. The van der Waals surface area contributed by atoms with Crippen LogP contribution in [0.2, 0.25) is 0 Å². The summed E-state index contributed by atoms with van der Waals surface area (Å²) in [6, 6.07) is 13.0. The number of aromatic amines is 1. The summed E-state index contributed by atoms with van der Waals surface area (Å²) < 4.78 is 52.4. The van der Waals surface area contributed by atoms with Gasteiger partial charge in [-0.15, -0.1) is 0 Å². The molecule has 1 aliphatic heterocycles. The molecule has 0 spiro atoms. The fourth-order valence-corrected chi connectivity index (χ4v) is 4.85. The molecular weight excluding hydrogens is 553 g/mol. The number of carbonyl (C=O) groups excluding carboxylic acids is 1. The highest BCUT2D eigenvalue weighted by Gasteiger charge is 2.36. The van der Waals surface area contributed by atoms with Crippen LogP contribution in [0.4, 0.5) is 13.2 Å². The lowest BCUT2D eigenvalue weighted by Crippen LogP contribution is -2.37. The van der Waals surface area contributed by atoms with Crippen LogP contribution in [0.1, 0.15) is 43.0 Å². The summed E-state index contributed by atoms with van der Waals surface area (Å²) in [6.07, 6.45) is -3.18. The number of pyridine rings is 1. The van der Waals surface area contributed by atoms with E-state index in [1.165, 1.54) is 24.3 Å². The first kappa shape index (κ1) is 28.8. The van der Waals surface area contributed by atoms with Crippen molar-refractivity contribution in [3.8, 4) is 22.9 Å². The van der Waals surface area contributed by atoms with Crippen molar-refractivity contribution >= 4 is 17.1 Å². The fraction of sp³-hybridized carbons (Fsp3) is 0.345. The van der Waals surface area contributed by atoms with Crippen LogP contribution < -0.4 is 15.0 Å². The van der Waals surface area contributed by atoms with Gasteiger partial charge in [-0.2, -0.15) is 33.0 Å². The second-order valence-electron chi connectivity index (χ2n) is 10.1. The Kier molecular flexibility index (Phi) is 8.01. The van der Waals surface area contributed by atoms with E-state index in [0.717, 1.165) is 21.7 Å². The van der Waals surface area contributed by atoms with Gasteiger partial charge in [0.1, 0.15) is 5.75 Å². The Bertz CT molecular complexity index is 1690. The fourth-order valence-electron chi connectivity index (χ4n) is 4.85. The topological polar surface area (TPSA) is 114 Å². The minimum atomic E-state index is -4.62. The number of nitrogens with zero attached hydrogens (tertiary/aromatic N) is 5. The molecule has 1 atom stereocenters. The molecule has 0 saturated heterocycles. The second-order valence-corrected chi connectivity index (χ2v) is 10.1. The average Bonchev–Trinajstić information content (AvgIpc) is 3.41. The van der Waals surface area contributed by atoms with Crippen molar-refractivity contribution in [3.05, 3.63) is 75.7 Å². The first-order valence-electron chi connectivity index (χ1n) is 13.4. The molecule has 5 rings (SSSR count). The smallest absolute Gasteiger partial charge is 0.435 e. The summed E-state index contributed by atoms with van der Waals surface area (Å²) in [4.78, 5) is 24.1. The Morgan fingerprint density at radius 1 is 1.07 bits per heavy atom. The van der Waals surface area contributed by atoms with E-state index in [0.29, 0.717) is 48.7 Å². The zero-order valence-corrected chi connectivity index (χ0v) is 23.2. The van der Waals surface area contributed by atoms with E-state index in [1.807, 2.05) is 38.1 Å². The number of unbranched alkanes of at least 4 members (excludes halogenated alkanes) is 1. The minimum Gasteiger partial charge on any atom is -0.494 e. The number of alkyl halides is 3. The Balaban J connectivity index is 1.23. The van der Waals surface area contributed by atoms with Gasteiger partial charge in [0.15, 0.2) is 5.69 Å². The lowest BCUT2D eigenvalue weighted by atomic mass is 9.93. The molecule has 4 heterocycles. The highest BCUT2D eigenvalue weighted by atomic mass is 19.4. The molecule has 1 unspecified atom stereocenters. The largest absolute Gasteiger partial charge is 0.494 e. The molecule has 42 heavy (non-hydrogen) atoms. The molecule has 4 aromatic rings. The number of benzene rings is 1. The van der Waals surface area contributed by atoms with E-state index in [-0.39, 0.29) is 35.2 Å². The number of rotatable bonds is 9. The third-order valence-corrected chi connectivity index (χ3v) is 6.99. The molecule has 0 bridgehead atoms. The van der Waals surface area contributed by atoms with Gasteiger partial charge < -0.3 is 9.47 Å². The van der Waals surface area contributed by atoms with Gasteiger partial charge in [0.25, 0.3) is 5.56 Å². The number of H-pyrrole nitrogens is 1. The zero-order chi connectivity index (χ0) is 30.0. The number of hydrogen-bond acceptors (Lipinski definition) is 7. The number of aryl methyl sites for hydroxylation is 1. The number of carbonyl (C=O) groups is 1. The van der Waals surface area contributed by atoms with Crippen molar-refractivity contribution in [2.45, 2.75) is 39.3 Å². The van der Waals surface area contributed by atoms with E-state index in [2.05, 4.69) is 20.4 Å². The molecule has 3 aromatic heterocycles. The first-order valence-corrected chi connectivity index (χ1v) is 13.4. The van der Waals surface area contributed by atoms with Gasteiger partial charge in [-0.05, 0) is 61.7 Å². The predicted octanol–water partition coefficient (Wildman–Crippen LogP) is 4.85. The maximum Gasteiger partial charge on any atom is 0.435 e. The summed E-state index contributed by atoms with van der Waals surface area (Å²) >= 11 is 0. The number of fused-ring (bicyclic) bond motifs is 1. The maximum absolute atomic E-state index is 13.4. The number of methoxy groups -OCH3 is 1. The van der Waals surface area contributed by atoms with E-state index < -0.39 is 11.9 Å². The highest BCUT2D eigenvalue weighted by molar-refractivity contribution is 6.10. The van der Waals surface area contributed by atoms with Crippen LogP contribution in [0.5, 0.6) is 11.6 Å². The lowest BCUT2D eigenvalue weighted by molar-refractivity contribution is -0.141. The molecule has 13 heteroatoms. The summed E-state index contributed by atoms with van der Waals surface area (Å²) in [7, 11) is 1.36. The quantitative estimate of drug-likeness (QED) is 0.282. The Labute approximate surface area is 238 Å². The van der Waals surface area contributed by atoms with Gasteiger partial charge in [0.2, 0.25) is 11.8 Å². The lowest BCUT2D eigenvalue weighted by Gasteiger charge is -2.28. The average molecular weight is 583 g/mol. The molecule has 0 saturated carbocycles. The number of hydrogen-bond donors (Lipinski definition) is 1. The summed E-state index contributed by atoms with van der Waals surface area (Å²) in [6.45, 7) is 4.40. The summed E-state index contributed by atoms with van der Waals surface area (Å²) in [5.41, 5.74) is 2.19. The van der Waals surface area contributed by atoms with Gasteiger partial charge >= 0.3 is 6.18 Å². The van der Waals surface area contributed by atoms with Crippen molar-refractivity contribution in [1.82, 2.24) is 24.8 Å². The van der Waals surface area contributed by atoms with Crippen molar-refractivity contribution in [3.63, 3.8) is 0 Å². The van der Waals surface area contributed by atoms with Crippen LogP contribution in [0.15, 0.2) is 58.4 Å². The van der Waals surface area contributed by atoms with E-state index >= 15 is 0 Å². The molecule has 0 fully saturated rings. The van der Waals surface area contributed by atoms with E-state index in [1.54, 1.807) is 6.07 Å². The third kappa shape index (κ3) is 5.99. The van der Waals surface area contributed by atoms with Gasteiger partial charge in [0, 0.05) is 42.1 Å². The van der Waals surface area contributed by atoms with Crippen LogP contribution in [-0.4, -0.2) is 56.7 Å². The highest BCUT2D eigenvalue weighted by Crippen LogP contribution is 2.33. The molecule has 1 N–H and O–H groups in total. The minimum absolute atomic E-state index is 0.150. The number of nitrogens with one attached hydrogen (secondary N) is 1. The maximum atomic E-state index is 13.4. The molecule has 1 aromatic carbocycles. The molecule has 220 valence electrons. The normalized spacial score (nSPS) is 15.7. The Morgan fingerprint density at radius 3 is 2.52 bits per heavy atom. The van der Waals surface area contributed by atoms with Crippen LogP contribution in [0, 0.1) is 12.8 Å². The Hall–Kier alpha value is -4.68. The molecule has 0 aliphatic carbocycles. The third-order valence-electron chi connectivity index (χ3n) is 6.99. The zero-order valence-electron chi connectivity index (χ0n) is 23.2. The van der Waals surface area contributed by atoms with Crippen LogP contribution in [0.3, 0.4) is 0 Å². The number of hydrazone groups is 1. The molecular formula is C29H29F3N6O4. The van der Waals surface area contributed by atoms with Gasteiger partial charge in [0.05, 0.1) is 30.6 Å². The van der Waals surface area contributed by atoms with E-state index in [9.17, 15) is 22.8 Å². The summed E-state index contributed by atoms with van der Waals surface area (Å²) in [5.74, 6) is 0.380. The molecule has 1 aliphatic rings. The van der Waals surface area contributed by atoms with Gasteiger partial charge in [-0.25, -0.2) is 10.1 Å². The number of amides is 1. The van der Waals surface area contributed by atoms with Crippen LogP contribution in [0.25, 0.3) is 16.8 Å². The van der Waals surface area contributed by atoms with Crippen molar-refractivity contribution in [2.24, 2.45) is 11.0 Å². The predicted molar refractivity (Wildman–Crippen MR) is 149 cm³/mol. The Morgan fingerprint density at radius 2 is 1.83 bits per heavy atom. The van der Waals surface area contributed by atoms with Crippen molar-refractivity contribution < 1.29 is 27.4 Å². The SMILES string of the molecule is COc1ccc(C2=NN(CCCCOc3ccc(-c4n[nH]c(=O)cc4C)cc3)C(=O)CC2C)c2cc(C(F)(F)F)nn12. The number of aromatic nitrogens is 4. The molecule has 1 amide bonds.